The summed E-state index contributed by atoms with van der Waals surface area (Å²) in [6.07, 6.45) is 0.124. The molecule has 34 heavy (non-hydrogen) atoms. The number of furan rings is 1. The molecule has 172 valence electrons. The summed E-state index contributed by atoms with van der Waals surface area (Å²) < 4.78 is 5.58. The molecule has 3 amide bonds. The van der Waals surface area contributed by atoms with Gasteiger partial charge in [-0.3, -0.25) is 14.4 Å². The molecular formula is C26H22ClN3O4. The van der Waals surface area contributed by atoms with Crippen LogP contribution >= 0.6 is 11.6 Å². The summed E-state index contributed by atoms with van der Waals surface area (Å²) in [6.45, 7) is -0.0863. The zero-order valence-corrected chi connectivity index (χ0v) is 19.1. The first-order valence-electron chi connectivity index (χ1n) is 10.6. The predicted molar refractivity (Wildman–Crippen MR) is 132 cm³/mol. The minimum Gasteiger partial charge on any atom is -0.451 e. The largest absolute Gasteiger partial charge is 0.451 e. The highest BCUT2D eigenvalue weighted by atomic mass is 35.5. The molecular weight excluding hydrogens is 454 g/mol. The second-order valence-electron chi connectivity index (χ2n) is 7.78. The standard InChI is InChI=1S/C26H22ClN3O4/c1-30(16-24(31)28-21-7-4-6-19(27)15-21)25(32)13-17-9-11-20(12-10-17)29-26(33)23-14-18-5-2-3-8-22(18)34-23/h2-12,14-15H,13,16H2,1H3,(H,28,31)(H,29,33). The van der Waals surface area contributed by atoms with E-state index in [1.54, 1.807) is 67.7 Å². The van der Waals surface area contributed by atoms with Gasteiger partial charge in [0.05, 0.1) is 13.0 Å². The van der Waals surface area contributed by atoms with Gasteiger partial charge in [-0.2, -0.15) is 0 Å². The lowest BCUT2D eigenvalue weighted by Gasteiger charge is -2.17. The number of carbonyl (C=O) groups is 3. The molecule has 0 radical (unpaired) electrons. The lowest BCUT2D eigenvalue weighted by Crippen LogP contribution is -2.35. The topological polar surface area (TPSA) is 91.7 Å². The highest BCUT2D eigenvalue weighted by Gasteiger charge is 2.15. The molecule has 7 nitrogen and oxygen atoms in total. The van der Waals surface area contributed by atoms with Gasteiger partial charge in [0.1, 0.15) is 5.58 Å². The highest BCUT2D eigenvalue weighted by molar-refractivity contribution is 6.30. The molecule has 3 aromatic carbocycles. The van der Waals surface area contributed by atoms with Crippen molar-refractivity contribution in [3.05, 3.63) is 95.2 Å². The molecule has 0 spiro atoms. The number of para-hydroxylation sites is 1. The van der Waals surface area contributed by atoms with Gasteiger partial charge in [0.25, 0.3) is 5.91 Å². The lowest BCUT2D eigenvalue weighted by atomic mass is 10.1. The Morgan fingerprint density at radius 3 is 2.38 bits per heavy atom. The molecule has 0 unspecified atom stereocenters. The van der Waals surface area contributed by atoms with E-state index in [0.29, 0.717) is 22.0 Å². The van der Waals surface area contributed by atoms with Gasteiger partial charge in [0.15, 0.2) is 5.76 Å². The van der Waals surface area contributed by atoms with Crippen molar-refractivity contribution in [2.75, 3.05) is 24.2 Å². The molecule has 0 aliphatic rings. The summed E-state index contributed by atoms with van der Waals surface area (Å²) in [5, 5.41) is 6.87. The van der Waals surface area contributed by atoms with E-state index >= 15 is 0 Å². The first-order chi connectivity index (χ1) is 16.4. The number of benzene rings is 3. The van der Waals surface area contributed by atoms with Gasteiger partial charge < -0.3 is 20.0 Å². The smallest absolute Gasteiger partial charge is 0.291 e. The van der Waals surface area contributed by atoms with Crippen molar-refractivity contribution in [3.63, 3.8) is 0 Å². The van der Waals surface area contributed by atoms with E-state index in [1.165, 1.54) is 4.90 Å². The molecule has 0 saturated carbocycles. The molecule has 4 aromatic rings. The maximum absolute atomic E-state index is 12.5. The molecule has 0 bridgehead atoms. The number of anilines is 2. The Morgan fingerprint density at radius 1 is 0.882 bits per heavy atom. The fourth-order valence-corrected chi connectivity index (χ4v) is 3.56. The molecule has 2 N–H and O–H groups in total. The number of carbonyl (C=O) groups excluding carboxylic acids is 3. The molecule has 1 heterocycles. The van der Waals surface area contributed by atoms with E-state index in [-0.39, 0.29) is 36.4 Å². The predicted octanol–water partition coefficient (Wildman–Crippen LogP) is 4.98. The van der Waals surface area contributed by atoms with Crippen LogP contribution in [0.25, 0.3) is 11.0 Å². The Morgan fingerprint density at radius 2 is 1.65 bits per heavy atom. The minimum absolute atomic E-state index is 0.0863. The third kappa shape index (κ3) is 5.82. The van der Waals surface area contributed by atoms with Crippen molar-refractivity contribution < 1.29 is 18.8 Å². The molecule has 0 fully saturated rings. The van der Waals surface area contributed by atoms with Gasteiger partial charge >= 0.3 is 0 Å². The Labute approximate surface area is 201 Å². The highest BCUT2D eigenvalue weighted by Crippen LogP contribution is 2.20. The number of amides is 3. The Bertz CT molecular complexity index is 1310. The van der Waals surface area contributed by atoms with Crippen LogP contribution in [-0.4, -0.2) is 36.2 Å². The van der Waals surface area contributed by atoms with Crippen molar-refractivity contribution in [2.45, 2.75) is 6.42 Å². The van der Waals surface area contributed by atoms with Crippen LogP contribution in [0, 0.1) is 0 Å². The number of hydrogen-bond donors (Lipinski definition) is 2. The fraction of sp³-hybridized carbons (Fsp3) is 0.115. The summed E-state index contributed by atoms with van der Waals surface area (Å²) in [4.78, 5) is 38.6. The van der Waals surface area contributed by atoms with Gasteiger partial charge in [-0.25, -0.2) is 0 Å². The SMILES string of the molecule is CN(CC(=O)Nc1cccc(Cl)c1)C(=O)Cc1ccc(NC(=O)c2cc3ccccc3o2)cc1. The van der Waals surface area contributed by atoms with Crippen molar-refractivity contribution in [1.82, 2.24) is 4.90 Å². The van der Waals surface area contributed by atoms with Crippen LogP contribution in [0.4, 0.5) is 11.4 Å². The monoisotopic (exact) mass is 475 g/mol. The molecule has 0 aliphatic heterocycles. The summed E-state index contributed by atoms with van der Waals surface area (Å²) in [5.74, 6) is -0.661. The van der Waals surface area contributed by atoms with Crippen molar-refractivity contribution in [1.29, 1.82) is 0 Å². The molecule has 8 heteroatoms. The maximum Gasteiger partial charge on any atom is 0.291 e. The van der Waals surface area contributed by atoms with E-state index in [4.69, 9.17) is 16.0 Å². The summed E-state index contributed by atoms with van der Waals surface area (Å²) >= 11 is 5.92. The van der Waals surface area contributed by atoms with Gasteiger partial charge in [-0.15, -0.1) is 0 Å². The van der Waals surface area contributed by atoms with E-state index in [0.717, 1.165) is 10.9 Å². The van der Waals surface area contributed by atoms with E-state index in [9.17, 15) is 14.4 Å². The average molecular weight is 476 g/mol. The Balaban J connectivity index is 1.29. The van der Waals surface area contributed by atoms with Crippen LogP contribution in [0.2, 0.25) is 5.02 Å². The normalized spacial score (nSPS) is 10.6. The van der Waals surface area contributed by atoms with Crippen molar-refractivity contribution >= 4 is 51.7 Å². The van der Waals surface area contributed by atoms with Crippen LogP contribution in [0.5, 0.6) is 0 Å². The van der Waals surface area contributed by atoms with Gasteiger partial charge in [-0.05, 0) is 48.0 Å². The molecule has 0 aliphatic carbocycles. The molecule has 0 atom stereocenters. The van der Waals surface area contributed by atoms with Gasteiger partial charge in [-0.1, -0.05) is 48.0 Å². The first kappa shape index (κ1) is 23.1. The second-order valence-corrected chi connectivity index (χ2v) is 8.22. The number of fused-ring (bicyclic) bond motifs is 1. The van der Waals surface area contributed by atoms with Crippen LogP contribution in [0.3, 0.4) is 0 Å². The maximum atomic E-state index is 12.5. The van der Waals surface area contributed by atoms with E-state index in [1.807, 2.05) is 18.2 Å². The first-order valence-corrected chi connectivity index (χ1v) is 10.9. The minimum atomic E-state index is -0.356. The van der Waals surface area contributed by atoms with E-state index < -0.39 is 0 Å². The lowest BCUT2D eigenvalue weighted by molar-refractivity contribution is -0.132. The number of likely N-dealkylation sites (N-methyl/N-ethyl adjacent to an activating group) is 1. The molecule has 1 aromatic heterocycles. The van der Waals surface area contributed by atoms with Crippen LogP contribution < -0.4 is 10.6 Å². The molecule has 0 saturated heterocycles. The third-order valence-corrected chi connectivity index (χ3v) is 5.37. The fourth-order valence-electron chi connectivity index (χ4n) is 3.37. The quantitative estimate of drug-likeness (QED) is 0.394. The number of hydrogen-bond acceptors (Lipinski definition) is 4. The molecule has 4 rings (SSSR count). The summed E-state index contributed by atoms with van der Waals surface area (Å²) in [6, 6.07) is 22.8. The van der Waals surface area contributed by atoms with Crippen molar-refractivity contribution in [2.24, 2.45) is 0 Å². The van der Waals surface area contributed by atoms with Crippen molar-refractivity contribution in [3.8, 4) is 0 Å². The van der Waals surface area contributed by atoms with Crippen LogP contribution in [0.1, 0.15) is 16.1 Å². The number of rotatable bonds is 7. The summed E-state index contributed by atoms with van der Waals surface area (Å²) in [5.41, 5.74) is 2.55. The van der Waals surface area contributed by atoms with Gasteiger partial charge in [0, 0.05) is 28.8 Å². The van der Waals surface area contributed by atoms with E-state index in [2.05, 4.69) is 10.6 Å². The van der Waals surface area contributed by atoms with Crippen LogP contribution in [-0.2, 0) is 16.0 Å². The average Bonchev–Trinajstić information content (AvgIpc) is 3.25. The zero-order valence-electron chi connectivity index (χ0n) is 18.4. The second kappa shape index (κ2) is 10.2. The van der Waals surface area contributed by atoms with Gasteiger partial charge in [0.2, 0.25) is 11.8 Å². The Hall–Kier alpha value is -4.10. The number of nitrogens with zero attached hydrogens (tertiary/aromatic N) is 1. The zero-order chi connectivity index (χ0) is 24.1. The number of nitrogens with one attached hydrogen (secondary N) is 2. The Kier molecular flexibility index (Phi) is 6.94. The van der Waals surface area contributed by atoms with Crippen LogP contribution in [0.15, 0.2) is 83.3 Å². The summed E-state index contributed by atoms with van der Waals surface area (Å²) in [7, 11) is 1.57. The number of halogens is 1. The third-order valence-electron chi connectivity index (χ3n) is 5.13.